The zero-order chi connectivity index (χ0) is 13.7. The van der Waals surface area contributed by atoms with Crippen molar-refractivity contribution in [3.63, 3.8) is 0 Å². The molecule has 1 aromatic rings. The Hall–Kier alpha value is -2.61. The van der Waals surface area contributed by atoms with Crippen LogP contribution in [0.25, 0.3) is 0 Å². The highest BCUT2D eigenvalue weighted by molar-refractivity contribution is 6.42. The highest BCUT2D eigenvalue weighted by Gasteiger charge is 2.19. The van der Waals surface area contributed by atoms with Crippen molar-refractivity contribution in [1.82, 2.24) is 5.48 Å². The van der Waals surface area contributed by atoms with Crippen LogP contribution in [-0.2, 0) is 4.79 Å². The van der Waals surface area contributed by atoms with Crippen LogP contribution in [0, 0.1) is 0 Å². The minimum atomic E-state index is -1.14. The molecular weight excluding hydrogens is 244 g/mol. The van der Waals surface area contributed by atoms with E-state index in [1.807, 2.05) is 0 Å². The molecule has 96 valence electrons. The first-order valence-electron chi connectivity index (χ1n) is 4.70. The number of ketones is 1. The second kappa shape index (κ2) is 5.64. The molecule has 8 heteroatoms. The number of rotatable bonds is 4. The Morgan fingerprint density at radius 1 is 1.28 bits per heavy atom. The van der Waals surface area contributed by atoms with E-state index in [1.165, 1.54) is 11.5 Å². The van der Waals surface area contributed by atoms with Crippen molar-refractivity contribution in [2.75, 3.05) is 0 Å². The van der Waals surface area contributed by atoms with Crippen molar-refractivity contribution in [3.05, 3.63) is 23.8 Å². The van der Waals surface area contributed by atoms with Gasteiger partial charge in [-0.05, 0) is 12.1 Å². The van der Waals surface area contributed by atoms with E-state index in [1.54, 1.807) is 0 Å². The maximum Gasteiger partial charge on any atom is 0.292 e. The van der Waals surface area contributed by atoms with Gasteiger partial charge >= 0.3 is 0 Å². The smallest absolute Gasteiger partial charge is 0.292 e. The number of hydrogen-bond acceptors (Lipinski definition) is 7. The van der Waals surface area contributed by atoms with E-state index in [-0.39, 0.29) is 11.3 Å². The number of oxime groups is 1. The van der Waals surface area contributed by atoms with Gasteiger partial charge in [0, 0.05) is 6.07 Å². The Kier molecular flexibility index (Phi) is 4.22. The Labute approximate surface area is 101 Å². The van der Waals surface area contributed by atoms with Crippen LogP contribution >= 0.6 is 0 Å². The molecule has 0 atom stereocenters. The van der Waals surface area contributed by atoms with Crippen molar-refractivity contribution in [1.29, 1.82) is 0 Å². The van der Waals surface area contributed by atoms with Gasteiger partial charge in [0.15, 0.2) is 11.5 Å². The number of benzene rings is 1. The van der Waals surface area contributed by atoms with Crippen molar-refractivity contribution < 1.29 is 30.2 Å². The molecule has 0 saturated heterocycles. The third kappa shape index (κ3) is 2.95. The number of hydroxylamine groups is 1. The molecule has 0 radical (unpaired) electrons. The third-order valence-corrected chi connectivity index (χ3v) is 2.09. The van der Waals surface area contributed by atoms with E-state index in [9.17, 15) is 14.7 Å². The number of nitrogens with zero attached hydrogens (tertiary/aromatic N) is 1. The average Bonchev–Trinajstić information content (AvgIpc) is 2.34. The van der Waals surface area contributed by atoms with Crippen LogP contribution in [0.4, 0.5) is 0 Å². The summed E-state index contributed by atoms with van der Waals surface area (Å²) in [6.07, 6.45) is -0.624. The van der Waals surface area contributed by atoms with E-state index in [0.29, 0.717) is 0 Å². The molecule has 0 bridgehead atoms. The summed E-state index contributed by atoms with van der Waals surface area (Å²) in [5, 5.41) is 37.8. The van der Waals surface area contributed by atoms with Gasteiger partial charge in [-0.3, -0.25) is 14.8 Å². The van der Waals surface area contributed by atoms with E-state index < -0.39 is 29.6 Å². The summed E-state index contributed by atoms with van der Waals surface area (Å²) in [5.41, 5.74) is 0.443. The Morgan fingerprint density at radius 2 is 1.94 bits per heavy atom. The van der Waals surface area contributed by atoms with Crippen LogP contribution in [0.3, 0.4) is 0 Å². The fourth-order valence-electron chi connectivity index (χ4n) is 1.23. The monoisotopic (exact) mass is 254 g/mol. The van der Waals surface area contributed by atoms with Crippen LogP contribution in [0.15, 0.2) is 23.4 Å². The molecular formula is C10H10N2O6. The SMILES string of the molecule is O=C(NO)/C(CC(=O)c1ccc(O)cc1O)=N/O. The van der Waals surface area contributed by atoms with Gasteiger partial charge in [0.1, 0.15) is 11.5 Å². The number of hydrogen-bond donors (Lipinski definition) is 5. The zero-order valence-electron chi connectivity index (χ0n) is 8.99. The molecule has 0 aromatic heterocycles. The lowest BCUT2D eigenvalue weighted by Gasteiger charge is -2.04. The van der Waals surface area contributed by atoms with E-state index in [2.05, 4.69) is 5.16 Å². The molecule has 0 fully saturated rings. The maximum absolute atomic E-state index is 11.7. The summed E-state index contributed by atoms with van der Waals surface area (Å²) in [4.78, 5) is 22.6. The summed E-state index contributed by atoms with van der Waals surface area (Å²) >= 11 is 0. The predicted octanol–water partition coefficient (Wildman–Crippen LogP) is 0.00620. The van der Waals surface area contributed by atoms with Crippen LogP contribution < -0.4 is 5.48 Å². The van der Waals surface area contributed by atoms with E-state index >= 15 is 0 Å². The lowest BCUT2D eigenvalue weighted by atomic mass is 10.0. The Morgan fingerprint density at radius 3 is 2.44 bits per heavy atom. The lowest BCUT2D eigenvalue weighted by Crippen LogP contribution is -2.29. The molecule has 0 aliphatic rings. The molecule has 0 aliphatic heterocycles. The quantitative estimate of drug-likeness (QED) is 0.168. The molecule has 0 spiro atoms. The molecule has 18 heavy (non-hydrogen) atoms. The molecule has 8 nitrogen and oxygen atoms in total. The van der Waals surface area contributed by atoms with E-state index in [4.69, 9.17) is 15.5 Å². The standard InChI is InChI=1S/C10H10N2O6/c13-5-1-2-6(8(14)3-5)9(15)4-7(11-17)10(16)12-18/h1-3,13-14,17-18H,4H2,(H,12,16)/b11-7+. The fraction of sp³-hybridized carbons (Fsp3) is 0.100. The molecule has 0 saturated carbocycles. The van der Waals surface area contributed by atoms with Crippen LogP contribution in [0.1, 0.15) is 16.8 Å². The second-order valence-corrected chi connectivity index (χ2v) is 3.29. The van der Waals surface area contributed by atoms with E-state index in [0.717, 1.165) is 12.1 Å². The van der Waals surface area contributed by atoms with Gasteiger partial charge in [0.25, 0.3) is 5.91 Å². The summed E-state index contributed by atoms with van der Waals surface area (Å²) in [6, 6.07) is 3.28. The number of nitrogens with one attached hydrogen (secondary N) is 1. The largest absolute Gasteiger partial charge is 0.508 e. The topological polar surface area (TPSA) is 139 Å². The number of aromatic hydroxyl groups is 2. The van der Waals surface area contributed by atoms with Crippen LogP contribution in [0.5, 0.6) is 11.5 Å². The molecule has 1 amide bonds. The van der Waals surface area contributed by atoms with Crippen LogP contribution in [0.2, 0.25) is 0 Å². The molecule has 0 heterocycles. The van der Waals surface area contributed by atoms with Gasteiger partial charge in [-0.25, -0.2) is 5.48 Å². The van der Waals surface area contributed by atoms with Gasteiger partial charge in [-0.1, -0.05) is 5.16 Å². The van der Waals surface area contributed by atoms with Gasteiger partial charge in [0.2, 0.25) is 0 Å². The van der Waals surface area contributed by atoms with Crippen LogP contribution in [-0.4, -0.2) is 38.0 Å². The summed E-state index contributed by atoms with van der Waals surface area (Å²) < 4.78 is 0. The Balaban J connectivity index is 2.92. The van der Waals surface area contributed by atoms with Crippen molar-refractivity contribution in [3.8, 4) is 11.5 Å². The number of amides is 1. The third-order valence-electron chi connectivity index (χ3n) is 2.09. The zero-order valence-corrected chi connectivity index (χ0v) is 8.99. The fourth-order valence-corrected chi connectivity index (χ4v) is 1.23. The van der Waals surface area contributed by atoms with Crippen molar-refractivity contribution in [2.45, 2.75) is 6.42 Å². The molecule has 0 aliphatic carbocycles. The lowest BCUT2D eigenvalue weighted by molar-refractivity contribution is -0.122. The average molecular weight is 254 g/mol. The minimum absolute atomic E-state index is 0.153. The molecule has 5 N–H and O–H groups in total. The summed E-state index contributed by atoms with van der Waals surface area (Å²) in [6.45, 7) is 0. The predicted molar refractivity (Wildman–Crippen MR) is 57.9 cm³/mol. The number of carbonyl (C=O) groups is 2. The first kappa shape index (κ1) is 13.5. The highest BCUT2D eigenvalue weighted by atomic mass is 16.5. The number of carbonyl (C=O) groups excluding carboxylic acids is 2. The van der Waals surface area contributed by atoms with Gasteiger partial charge in [0.05, 0.1) is 12.0 Å². The number of phenols is 2. The number of Topliss-reactive ketones (excluding diaryl/α,β-unsaturated/α-hetero) is 1. The molecule has 1 aromatic carbocycles. The second-order valence-electron chi connectivity index (χ2n) is 3.29. The Bertz CT molecular complexity index is 511. The molecule has 1 rings (SSSR count). The first-order valence-corrected chi connectivity index (χ1v) is 4.70. The highest BCUT2D eigenvalue weighted by Crippen LogP contribution is 2.23. The number of phenolic OH excluding ortho intramolecular Hbond substituents is 2. The van der Waals surface area contributed by atoms with Crippen molar-refractivity contribution in [2.24, 2.45) is 5.16 Å². The molecule has 0 unspecified atom stereocenters. The minimum Gasteiger partial charge on any atom is -0.508 e. The van der Waals surface area contributed by atoms with Gasteiger partial charge in [-0.15, -0.1) is 0 Å². The van der Waals surface area contributed by atoms with Crippen molar-refractivity contribution >= 4 is 17.4 Å². The summed E-state index contributed by atoms with van der Waals surface area (Å²) in [5.74, 6) is -2.55. The summed E-state index contributed by atoms with van der Waals surface area (Å²) in [7, 11) is 0. The normalized spacial score (nSPS) is 11.1. The van der Waals surface area contributed by atoms with Gasteiger partial charge < -0.3 is 15.4 Å². The first-order chi connectivity index (χ1) is 8.49. The van der Waals surface area contributed by atoms with Gasteiger partial charge in [-0.2, -0.15) is 0 Å². The maximum atomic E-state index is 11.7.